The van der Waals surface area contributed by atoms with E-state index < -0.39 is 5.97 Å². The van der Waals surface area contributed by atoms with Gasteiger partial charge in [-0.2, -0.15) is 5.10 Å². The molecule has 0 unspecified atom stereocenters. The molecule has 1 aliphatic rings. The van der Waals surface area contributed by atoms with Crippen LogP contribution in [0.25, 0.3) is 0 Å². The molecule has 1 N–H and O–H groups in total. The van der Waals surface area contributed by atoms with E-state index in [4.69, 9.17) is 5.11 Å². The van der Waals surface area contributed by atoms with Gasteiger partial charge >= 0.3 is 5.97 Å². The molecular formula is C13H20N2O2. The highest BCUT2D eigenvalue weighted by atomic mass is 16.4. The van der Waals surface area contributed by atoms with Crippen molar-refractivity contribution in [2.24, 2.45) is 11.3 Å². The second-order valence-electron chi connectivity index (χ2n) is 6.50. The standard InChI is InChI=1S/C13H20N2O2/c1-12(2,3)15-7-8(6-14-15)9-10(11(16)17)13(9,4)5/h6-7,9-10H,1-5H3,(H,16,17)/t9-,10+/m0/s1. The van der Waals surface area contributed by atoms with E-state index in [1.54, 1.807) is 6.20 Å². The van der Waals surface area contributed by atoms with Crippen molar-refractivity contribution in [1.82, 2.24) is 9.78 Å². The summed E-state index contributed by atoms with van der Waals surface area (Å²) in [7, 11) is 0. The largest absolute Gasteiger partial charge is 0.481 e. The molecule has 0 bridgehead atoms. The van der Waals surface area contributed by atoms with E-state index in [0.29, 0.717) is 0 Å². The topological polar surface area (TPSA) is 55.1 Å². The monoisotopic (exact) mass is 236 g/mol. The Hall–Kier alpha value is -1.32. The average Bonchev–Trinajstić information content (AvgIpc) is 2.59. The van der Waals surface area contributed by atoms with Gasteiger partial charge in [0.15, 0.2) is 0 Å². The highest BCUT2D eigenvalue weighted by Gasteiger charge is 2.63. The van der Waals surface area contributed by atoms with Gasteiger partial charge in [0.05, 0.1) is 17.7 Å². The van der Waals surface area contributed by atoms with Gasteiger partial charge in [-0.1, -0.05) is 13.8 Å². The molecule has 4 heteroatoms. The second kappa shape index (κ2) is 3.34. The molecule has 1 saturated carbocycles. The molecular weight excluding hydrogens is 216 g/mol. The van der Waals surface area contributed by atoms with E-state index >= 15 is 0 Å². The first-order valence-electron chi connectivity index (χ1n) is 5.93. The zero-order valence-electron chi connectivity index (χ0n) is 11.1. The van der Waals surface area contributed by atoms with Gasteiger partial charge in [0.2, 0.25) is 0 Å². The van der Waals surface area contributed by atoms with Crippen LogP contribution in [0.15, 0.2) is 12.4 Å². The fourth-order valence-electron chi connectivity index (χ4n) is 2.58. The minimum Gasteiger partial charge on any atom is -0.481 e. The van der Waals surface area contributed by atoms with Crippen LogP contribution in [-0.2, 0) is 10.3 Å². The molecule has 1 fully saturated rings. The van der Waals surface area contributed by atoms with Crippen LogP contribution < -0.4 is 0 Å². The first kappa shape index (κ1) is 12.1. The van der Waals surface area contributed by atoms with Gasteiger partial charge in [0, 0.05) is 12.1 Å². The lowest BCUT2D eigenvalue weighted by Gasteiger charge is -2.18. The van der Waals surface area contributed by atoms with E-state index in [0.717, 1.165) is 5.56 Å². The number of nitrogens with zero attached hydrogens (tertiary/aromatic N) is 2. The molecule has 0 saturated heterocycles. The Bertz CT molecular complexity index is 454. The van der Waals surface area contributed by atoms with Crippen LogP contribution in [0.2, 0.25) is 0 Å². The molecule has 0 aliphatic heterocycles. The molecule has 0 aromatic carbocycles. The van der Waals surface area contributed by atoms with Crippen LogP contribution in [0.5, 0.6) is 0 Å². The van der Waals surface area contributed by atoms with Crippen molar-refractivity contribution in [2.75, 3.05) is 0 Å². The molecule has 2 atom stereocenters. The Morgan fingerprint density at radius 2 is 2.06 bits per heavy atom. The van der Waals surface area contributed by atoms with Crippen molar-refractivity contribution < 1.29 is 9.90 Å². The summed E-state index contributed by atoms with van der Waals surface area (Å²) in [5.41, 5.74) is 0.824. The highest BCUT2D eigenvalue weighted by molar-refractivity contribution is 5.77. The summed E-state index contributed by atoms with van der Waals surface area (Å²) in [6.07, 6.45) is 3.79. The van der Waals surface area contributed by atoms with Crippen molar-refractivity contribution in [3.8, 4) is 0 Å². The molecule has 94 valence electrons. The molecule has 0 spiro atoms. The third-order valence-corrected chi connectivity index (χ3v) is 3.74. The lowest BCUT2D eigenvalue weighted by Crippen LogP contribution is -2.21. The summed E-state index contributed by atoms with van der Waals surface area (Å²) in [5, 5.41) is 13.5. The Morgan fingerprint density at radius 3 is 2.41 bits per heavy atom. The lowest BCUT2D eigenvalue weighted by atomic mass is 10.1. The van der Waals surface area contributed by atoms with Gasteiger partial charge in [-0.3, -0.25) is 9.48 Å². The summed E-state index contributed by atoms with van der Waals surface area (Å²) < 4.78 is 1.90. The number of carbonyl (C=O) groups is 1. The van der Waals surface area contributed by atoms with Crippen LogP contribution in [0.3, 0.4) is 0 Å². The number of rotatable bonds is 2. The summed E-state index contributed by atoms with van der Waals surface area (Å²) in [4.78, 5) is 11.1. The highest BCUT2D eigenvalue weighted by Crippen LogP contribution is 2.64. The number of aliphatic carboxylic acids is 1. The third kappa shape index (κ3) is 1.85. The molecule has 0 amide bonds. The zero-order valence-corrected chi connectivity index (χ0v) is 11.1. The minimum absolute atomic E-state index is 0.0595. The quantitative estimate of drug-likeness (QED) is 0.858. The average molecular weight is 236 g/mol. The van der Waals surface area contributed by atoms with Gasteiger partial charge in [-0.15, -0.1) is 0 Å². The Kier molecular flexibility index (Phi) is 2.39. The van der Waals surface area contributed by atoms with Gasteiger partial charge in [0.1, 0.15) is 0 Å². The molecule has 17 heavy (non-hydrogen) atoms. The normalized spacial score (nSPS) is 26.9. The van der Waals surface area contributed by atoms with E-state index in [2.05, 4.69) is 25.9 Å². The van der Waals surface area contributed by atoms with Gasteiger partial charge in [-0.25, -0.2) is 0 Å². The van der Waals surface area contributed by atoms with Crippen molar-refractivity contribution in [2.45, 2.75) is 46.1 Å². The number of aromatic nitrogens is 2. The van der Waals surface area contributed by atoms with Crippen LogP contribution in [0.4, 0.5) is 0 Å². The molecule has 1 aromatic heterocycles. The maximum atomic E-state index is 11.1. The maximum absolute atomic E-state index is 11.1. The molecule has 0 radical (unpaired) electrons. The van der Waals surface area contributed by atoms with Gasteiger partial charge < -0.3 is 5.11 Å². The van der Waals surface area contributed by atoms with Crippen LogP contribution in [-0.4, -0.2) is 20.9 Å². The van der Waals surface area contributed by atoms with Gasteiger partial charge in [0.25, 0.3) is 0 Å². The van der Waals surface area contributed by atoms with Crippen molar-refractivity contribution >= 4 is 5.97 Å². The number of carboxylic acids is 1. The van der Waals surface area contributed by atoms with Crippen molar-refractivity contribution in [1.29, 1.82) is 0 Å². The smallest absolute Gasteiger partial charge is 0.307 e. The summed E-state index contributed by atoms with van der Waals surface area (Å²) in [6, 6.07) is 0. The summed E-state index contributed by atoms with van der Waals surface area (Å²) in [5.74, 6) is -0.889. The van der Waals surface area contributed by atoms with Crippen molar-refractivity contribution in [3.63, 3.8) is 0 Å². The molecule has 2 rings (SSSR count). The lowest BCUT2D eigenvalue weighted by molar-refractivity contribution is -0.139. The van der Waals surface area contributed by atoms with E-state index in [1.807, 2.05) is 24.7 Å². The van der Waals surface area contributed by atoms with Crippen LogP contribution in [0.1, 0.15) is 46.1 Å². The first-order valence-corrected chi connectivity index (χ1v) is 5.93. The van der Waals surface area contributed by atoms with E-state index in [9.17, 15) is 4.79 Å². The maximum Gasteiger partial charge on any atom is 0.307 e. The van der Waals surface area contributed by atoms with Crippen LogP contribution in [0, 0.1) is 11.3 Å². The third-order valence-electron chi connectivity index (χ3n) is 3.74. The molecule has 4 nitrogen and oxygen atoms in total. The van der Waals surface area contributed by atoms with Crippen molar-refractivity contribution in [3.05, 3.63) is 18.0 Å². The van der Waals surface area contributed by atoms with E-state index in [1.165, 1.54) is 0 Å². The Balaban J connectivity index is 2.26. The minimum atomic E-state index is -0.705. The molecule has 1 heterocycles. The predicted octanol–water partition coefficient (Wildman–Crippen LogP) is 2.46. The fraction of sp³-hybridized carbons (Fsp3) is 0.692. The number of carboxylic acid groups (broad SMARTS) is 1. The van der Waals surface area contributed by atoms with Crippen LogP contribution >= 0.6 is 0 Å². The fourth-order valence-corrected chi connectivity index (χ4v) is 2.58. The summed E-state index contributed by atoms with van der Waals surface area (Å²) >= 11 is 0. The van der Waals surface area contributed by atoms with E-state index in [-0.39, 0.29) is 22.8 Å². The number of hydrogen-bond donors (Lipinski definition) is 1. The summed E-state index contributed by atoms with van der Waals surface area (Å²) in [6.45, 7) is 10.2. The Morgan fingerprint density at radius 1 is 1.47 bits per heavy atom. The molecule has 1 aromatic rings. The Labute approximate surface area is 102 Å². The first-order chi connectivity index (χ1) is 7.65. The molecule has 1 aliphatic carbocycles. The van der Waals surface area contributed by atoms with Gasteiger partial charge in [-0.05, 0) is 31.7 Å². The number of hydrogen-bond acceptors (Lipinski definition) is 2. The SMILES string of the molecule is CC1(C)[C@@H](C(=O)O)[C@@H]1c1cnn(C(C)(C)C)c1. The predicted molar refractivity (Wildman–Crippen MR) is 64.9 cm³/mol. The zero-order chi connectivity index (χ0) is 13.0. The second-order valence-corrected chi connectivity index (χ2v) is 6.50.